The summed E-state index contributed by atoms with van der Waals surface area (Å²) in [7, 11) is 0. The average Bonchev–Trinajstić information content (AvgIpc) is 3.13. The number of allylic oxidation sites excluding steroid dienone is 1. The van der Waals surface area contributed by atoms with Gasteiger partial charge in [-0.3, -0.25) is 4.79 Å². The number of aromatic nitrogens is 1. The van der Waals surface area contributed by atoms with E-state index in [1.54, 1.807) is 11.3 Å². The van der Waals surface area contributed by atoms with Crippen molar-refractivity contribution in [2.75, 3.05) is 24.5 Å². The van der Waals surface area contributed by atoms with Crippen LogP contribution in [0.25, 0.3) is 10.2 Å². The second kappa shape index (κ2) is 8.64. The lowest BCUT2D eigenvalue weighted by Gasteiger charge is -2.31. The third-order valence-electron chi connectivity index (χ3n) is 6.01. The van der Waals surface area contributed by atoms with E-state index in [-0.39, 0.29) is 11.8 Å². The van der Waals surface area contributed by atoms with E-state index in [4.69, 9.17) is 4.98 Å². The molecule has 1 aromatic carbocycles. The summed E-state index contributed by atoms with van der Waals surface area (Å²) in [6.45, 7) is 6.82. The average molecular weight is 398 g/mol. The van der Waals surface area contributed by atoms with Crippen LogP contribution < -0.4 is 10.2 Å². The van der Waals surface area contributed by atoms with Gasteiger partial charge in [0.15, 0.2) is 5.13 Å². The van der Waals surface area contributed by atoms with Gasteiger partial charge in [0.1, 0.15) is 0 Å². The Morgan fingerprint density at radius 3 is 3.00 bits per heavy atom. The Bertz CT molecular complexity index is 885. The van der Waals surface area contributed by atoms with Crippen LogP contribution in [0, 0.1) is 19.8 Å². The Balaban J connectivity index is 1.36. The number of hydrogen-bond donors (Lipinski definition) is 1. The predicted octanol–water partition coefficient (Wildman–Crippen LogP) is 5.14. The fraction of sp³-hybridized carbons (Fsp3) is 0.565. The minimum absolute atomic E-state index is 0.0731. The Kier molecular flexibility index (Phi) is 6.00. The van der Waals surface area contributed by atoms with Crippen LogP contribution in [-0.2, 0) is 4.79 Å². The van der Waals surface area contributed by atoms with Crippen molar-refractivity contribution >= 4 is 32.6 Å². The van der Waals surface area contributed by atoms with Gasteiger partial charge in [0.05, 0.1) is 16.1 Å². The topological polar surface area (TPSA) is 45.2 Å². The van der Waals surface area contributed by atoms with Gasteiger partial charge in [-0.2, -0.15) is 0 Å². The molecule has 1 N–H and O–H groups in total. The molecular weight excluding hydrogens is 366 g/mol. The van der Waals surface area contributed by atoms with Crippen LogP contribution in [0.2, 0.25) is 0 Å². The predicted molar refractivity (Wildman–Crippen MR) is 118 cm³/mol. The molecule has 2 aliphatic rings. The number of benzene rings is 1. The van der Waals surface area contributed by atoms with Gasteiger partial charge in [-0.15, -0.1) is 0 Å². The molecule has 1 amide bonds. The monoisotopic (exact) mass is 397 g/mol. The SMILES string of the molecule is Cc1cc(C)c2nc(N3CCCC(C(=O)NCCC4=CCCCC4)C3)sc2c1. The zero-order valence-electron chi connectivity index (χ0n) is 17.1. The van der Waals surface area contributed by atoms with E-state index < -0.39 is 0 Å². The Labute approximate surface area is 172 Å². The molecule has 1 aromatic heterocycles. The first-order valence-electron chi connectivity index (χ1n) is 10.7. The molecule has 1 atom stereocenters. The Morgan fingerprint density at radius 1 is 1.29 bits per heavy atom. The Hall–Kier alpha value is -1.88. The second-order valence-corrected chi connectivity index (χ2v) is 9.37. The summed E-state index contributed by atoms with van der Waals surface area (Å²) in [5.74, 6) is 0.290. The summed E-state index contributed by atoms with van der Waals surface area (Å²) in [6.07, 6.45) is 10.5. The smallest absolute Gasteiger partial charge is 0.224 e. The lowest BCUT2D eigenvalue weighted by Crippen LogP contribution is -2.43. The van der Waals surface area contributed by atoms with E-state index in [1.807, 2.05) is 0 Å². The number of nitrogens with zero attached hydrogens (tertiary/aromatic N) is 2. The van der Waals surface area contributed by atoms with Crippen molar-refractivity contribution in [1.82, 2.24) is 10.3 Å². The maximum atomic E-state index is 12.7. The molecule has 1 aliphatic carbocycles. The zero-order valence-corrected chi connectivity index (χ0v) is 17.9. The lowest BCUT2D eigenvalue weighted by atomic mass is 9.96. The van der Waals surface area contributed by atoms with Crippen LogP contribution in [0.5, 0.6) is 0 Å². The van der Waals surface area contributed by atoms with E-state index in [0.717, 1.165) is 49.5 Å². The van der Waals surface area contributed by atoms with Gasteiger partial charge in [0.25, 0.3) is 0 Å². The first-order chi connectivity index (χ1) is 13.6. The highest BCUT2D eigenvalue weighted by molar-refractivity contribution is 7.22. The summed E-state index contributed by atoms with van der Waals surface area (Å²) in [5, 5.41) is 4.25. The molecule has 0 bridgehead atoms. The first-order valence-corrected chi connectivity index (χ1v) is 11.5. The highest BCUT2D eigenvalue weighted by atomic mass is 32.1. The van der Waals surface area contributed by atoms with Crippen molar-refractivity contribution in [3.8, 4) is 0 Å². The number of hydrogen-bond acceptors (Lipinski definition) is 4. The minimum atomic E-state index is 0.0731. The number of fused-ring (bicyclic) bond motifs is 1. The third-order valence-corrected chi connectivity index (χ3v) is 7.07. The number of nitrogens with one attached hydrogen (secondary N) is 1. The van der Waals surface area contributed by atoms with Gasteiger partial charge < -0.3 is 10.2 Å². The number of carbonyl (C=O) groups is 1. The quantitative estimate of drug-likeness (QED) is 0.711. The van der Waals surface area contributed by atoms with Gasteiger partial charge in [0.2, 0.25) is 5.91 Å². The van der Waals surface area contributed by atoms with E-state index in [9.17, 15) is 4.79 Å². The van der Waals surface area contributed by atoms with Crippen molar-refractivity contribution < 1.29 is 4.79 Å². The maximum Gasteiger partial charge on any atom is 0.224 e. The molecule has 4 rings (SSSR count). The van der Waals surface area contributed by atoms with Crippen molar-refractivity contribution in [3.05, 3.63) is 34.9 Å². The van der Waals surface area contributed by atoms with Gasteiger partial charge in [-0.25, -0.2) is 4.98 Å². The van der Waals surface area contributed by atoms with Crippen LogP contribution in [0.3, 0.4) is 0 Å². The number of piperidine rings is 1. The number of carbonyl (C=O) groups excluding carboxylic acids is 1. The van der Waals surface area contributed by atoms with E-state index >= 15 is 0 Å². The fourth-order valence-electron chi connectivity index (χ4n) is 4.48. The molecule has 0 radical (unpaired) electrons. The van der Waals surface area contributed by atoms with E-state index in [1.165, 1.54) is 47.1 Å². The molecule has 28 heavy (non-hydrogen) atoms. The molecule has 2 aromatic rings. The summed E-state index contributed by atoms with van der Waals surface area (Å²) < 4.78 is 1.25. The number of aryl methyl sites for hydroxylation is 2. The molecule has 1 unspecified atom stereocenters. The van der Waals surface area contributed by atoms with Crippen molar-refractivity contribution in [2.45, 2.75) is 58.8 Å². The molecule has 5 heteroatoms. The summed E-state index contributed by atoms with van der Waals surface area (Å²) in [4.78, 5) is 19.9. The van der Waals surface area contributed by atoms with Crippen molar-refractivity contribution in [1.29, 1.82) is 0 Å². The highest BCUT2D eigenvalue weighted by Gasteiger charge is 2.27. The van der Waals surface area contributed by atoms with Crippen LogP contribution in [0.4, 0.5) is 5.13 Å². The Morgan fingerprint density at radius 2 is 2.18 bits per heavy atom. The largest absolute Gasteiger partial charge is 0.355 e. The molecule has 1 aliphatic heterocycles. The molecule has 150 valence electrons. The van der Waals surface area contributed by atoms with Crippen LogP contribution in [-0.4, -0.2) is 30.5 Å². The number of rotatable bonds is 5. The van der Waals surface area contributed by atoms with Crippen LogP contribution in [0.15, 0.2) is 23.8 Å². The number of amides is 1. The normalized spacial score (nSPS) is 20.3. The van der Waals surface area contributed by atoms with E-state index in [0.29, 0.717) is 0 Å². The molecule has 1 fully saturated rings. The van der Waals surface area contributed by atoms with Crippen molar-refractivity contribution in [2.24, 2.45) is 5.92 Å². The molecular formula is C23H31N3OS. The second-order valence-electron chi connectivity index (χ2n) is 8.36. The molecule has 1 saturated heterocycles. The minimum Gasteiger partial charge on any atom is -0.355 e. The number of thiazole rings is 1. The maximum absolute atomic E-state index is 12.7. The third kappa shape index (κ3) is 4.40. The molecule has 4 nitrogen and oxygen atoms in total. The standard InChI is InChI=1S/C23H31N3OS/c1-16-13-17(2)21-20(14-16)28-23(25-21)26-12-6-9-19(15-26)22(27)24-11-10-18-7-4-3-5-8-18/h7,13-14,19H,3-6,8-12,15H2,1-2H3,(H,24,27). The van der Waals surface area contributed by atoms with E-state index in [2.05, 4.69) is 42.3 Å². The molecule has 0 saturated carbocycles. The summed E-state index contributed by atoms with van der Waals surface area (Å²) in [6, 6.07) is 4.41. The van der Waals surface area contributed by atoms with Gasteiger partial charge in [-0.05, 0) is 76.0 Å². The van der Waals surface area contributed by atoms with Crippen LogP contribution >= 0.6 is 11.3 Å². The van der Waals surface area contributed by atoms with Crippen LogP contribution in [0.1, 0.15) is 56.1 Å². The fourth-order valence-corrected chi connectivity index (χ4v) is 5.66. The zero-order chi connectivity index (χ0) is 19.5. The molecule has 0 spiro atoms. The molecule has 2 heterocycles. The summed E-state index contributed by atoms with van der Waals surface area (Å²) >= 11 is 1.76. The van der Waals surface area contributed by atoms with Gasteiger partial charge >= 0.3 is 0 Å². The summed E-state index contributed by atoms with van der Waals surface area (Å²) in [5.41, 5.74) is 5.15. The highest BCUT2D eigenvalue weighted by Crippen LogP contribution is 2.33. The lowest BCUT2D eigenvalue weighted by molar-refractivity contribution is -0.125. The van der Waals surface area contributed by atoms with Gasteiger partial charge in [-0.1, -0.05) is 29.1 Å². The van der Waals surface area contributed by atoms with Gasteiger partial charge in [0, 0.05) is 19.6 Å². The first kappa shape index (κ1) is 19.4. The van der Waals surface area contributed by atoms with Crippen molar-refractivity contribution in [3.63, 3.8) is 0 Å². The number of anilines is 1.